The molecule has 0 amide bonds. The summed E-state index contributed by atoms with van der Waals surface area (Å²) in [6, 6.07) is 0. The van der Waals surface area contributed by atoms with E-state index in [0.29, 0.717) is 6.42 Å². The fraction of sp³-hybridized carbons (Fsp3) is 0.500. The van der Waals surface area contributed by atoms with Gasteiger partial charge in [-0.3, -0.25) is 6.29 Å². The van der Waals surface area contributed by atoms with Crippen LogP contribution in [0, 0.1) is 13.3 Å². The number of hydrogen-bond donors (Lipinski definition) is 0. The quantitative estimate of drug-likeness (QED) is 0.156. The second kappa shape index (κ2) is 31.0. The molecule has 20 heavy (non-hydrogen) atoms. The summed E-state index contributed by atoms with van der Waals surface area (Å²) in [5.41, 5.74) is -5.65. The first-order valence-corrected chi connectivity index (χ1v) is 4.35. The Morgan fingerprint density at radius 3 is 1.20 bits per heavy atom. The van der Waals surface area contributed by atoms with Gasteiger partial charge in [0.25, 0.3) is 0 Å². The van der Waals surface area contributed by atoms with Crippen LogP contribution in [0.4, 0.5) is 13.2 Å². The van der Waals surface area contributed by atoms with Crippen molar-refractivity contribution in [2.24, 2.45) is 0 Å². The SMILES string of the molecule is CC[C-]=O.O.O.O.O=S(=O)([O-])C(F)(F)F.[C-]#[O+].[C-]#[O+].[Ru+2]. The van der Waals surface area contributed by atoms with Gasteiger partial charge in [0, 0.05) is 0 Å². The van der Waals surface area contributed by atoms with Crippen LogP contribution in [0.2, 0.25) is 0 Å². The van der Waals surface area contributed by atoms with Gasteiger partial charge in [0.1, 0.15) is 0 Å². The van der Waals surface area contributed by atoms with Crippen LogP contribution in [0.5, 0.6) is 0 Å². The molecule has 0 heterocycles. The molecule has 0 aliphatic rings. The summed E-state index contributed by atoms with van der Waals surface area (Å²) in [5, 5.41) is 0. The second-order valence-corrected chi connectivity index (χ2v) is 2.77. The van der Waals surface area contributed by atoms with Crippen molar-refractivity contribution >= 4 is 16.4 Å². The monoisotopic (exact) mass is 418 g/mol. The van der Waals surface area contributed by atoms with Gasteiger partial charge in [0.05, 0.1) is 0 Å². The predicted octanol–water partition coefficient (Wildman–Crippen LogP) is -1.99. The fourth-order valence-electron chi connectivity index (χ4n) is 0. The van der Waals surface area contributed by atoms with E-state index in [0.717, 1.165) is 0 Å². The van der Waals surface area contributed by atoms with E-state index in [2.05, 4.69) is 13.3 Å². The summed E-state index contributed by atoms with van der Waals surface area (Å²) < 4.78 is 73.9. The van der Waals surface area contributed by atoms with Gasteiger partial charge in [0.2, 0.25) is 0 Å². The van der Waals surface area contributed by atoms with E-state index < -0.39 is 15.6 Å². The molecule has 0 aromatic heterocycles. The predicted molar refractivity (Wildman–Crippen MR) is 50.4 cm³/mol. The van der Waals surface area contributed by atoms with E-state index in [1.54, 1.807) is 13.2 Å². The third-order valence-corrected chi connectivity index (χ3v) is 0.995. The van der Waals surface area contributed by atoms with Crippen LogP contribution in [0.15, 0.2) is 0 Å². The molecule has 0 aliphatic carbocycles. The van der Waals surface area contributed by atoms with Gasteiger partial charge in [0.15, 0.2) is 10.1 Å². The van der Waals surface area contributed by atoms with Gasteiger partial charge in [-0.1, -0.05) is 6.92 Å². The molecule has 0 rings (SSSR count). The minimum atomic E-state index is -6.09. The molecule has 6 N–H and O–H groups in total. The van der Waals surface area contributed by atoms with Crippen molar-refractivity contribution < 1.29 is 76.1 Å². The first kappa shape index (κ1) is 50.6. The largest absolute Gasteiger partial charge is 2.00 e. The average molecular weight is 417 g/mol. The maximum Gasteiger partial charge on any atom is 2.00 e. The second-order valence-electron chi connectivity index (χ2n) is 1.40. The molecule has 0 aromatic carbocycles. The molecule has 9 nitrogen and oxygen atoms in total. The smallest absolute Gasteiger partial charge is 2.00 e. The van der Waals surface area contributed by atoms with E-state index in [1.165, 1.54) is 0 Å². The summed E-state index contributed by atoms with van der Waals surface area (Å²) in [7, 11) is -6.09. The van der Waals surface area contributed by atoms with Crippen molar-refractivity contribution in [3.8, 4) is 0 Å². The van der Waals surface area contributed by atoms with Crippen LogP contribution in [0.3, 0.4) is 0 Å². The molecule has 0 saturated carbocycles. The van der Waals surface area contributed by atoms with Gasteiger partial charge in [-0.05, 0) is 0 Å². The topological polar surface area (TPSA) is 209 Å². The van der Waals surface area contributed by atoms with Crippen LogP contribution in [0.25, 0.3) is 0 Å². The van der Waals surface area contributed by atoms with Crippen LogP contribution in [-0.2, 0) is 43.7 Å². The molecule has 0 atom stereocenters. The van der Waals surface area contributed by atoms with E-state index in [9.17, 15) is 13.2 Å². The van der Waals surface area contributed by atoms with Crippen molar-refractivity contribution in [2.75, 3.05) is 0 Å². The van der Waals surface area contributed by atoms with Crippen molar-refractivity contribution in [2.45, 2.75) is 18.9 Å². The van der Waals surface area contributed by atoms with Crippen molar-refractivity contribution in [3.63, 3.8) is 0 Å². The molecule has 14 heteroatoms. The molecule has 0 spiro atoms. The zero-order valence-corrected chi connectivity index (χ0v) is 12.1. The van der Waals surface area contributed by atoms with Crippen LogP contribution < -0.4 is 0 Å². The minimum Gasteiger partial charge on any atom is 2.00 e. The molecule has 0 radical (unpaired) electrons. The standard InChI is InChI=1S/C3H5O.CHF3O3S.2CO.3H2O.Ru/c1-2-3-4;2-1(3,4)8(5,6)7;2*1-2;;;;/h2H2,1H3;(H,5,6,7);;;3*1H2;/q-1;;;;;;;+2/p-1. The molecule has 0 fully saturated rings. The molecular weight excluding hydrogens is 406 g/mol. The Morgan fingerprint density at radius 1 is 1.10 bits per heavy atom. The van der Waals surface area contributed by atoms with E-state index in [4.69, 9.17) is 27.1 Å². The van der Waals surface area contributed by atoms with Crippen molar-refractivity contribution in [3.05, 3.63) is 13.3 Å². The molecule has 0 aliphatic heterocycles. The van der Waals surface area contributed by atoms with Crippen LogP contribution in [0.1, 0.15) is 13.3 Å². The molecule has 124 valence electrons. The number of rotatable bonds is 1. The maximum atomic E-state index is 10.7. The first-order chi connectivity index (χ1) is 7.16. The summed E-state index contributed by atoms with van der Waals surface area (Å²) in [4.78, 5) is 9.05. The van der Waals surface area contributed by atoms with Gasteiger partial charge in [-0.2, -0.15) is 19.6 Å². The normalized spacial score (nSPS) is 7.05. The number of carbonyl (C=O) groups excluding carboxylic acids is 1. The Kier molecular flexibility index (Phi) is 78.4. The fourth-order valence-corrected chi connectivity index (χ4v) is 0. The number of halogens is 3. The van der Waals surface area contributed by atoms with E-state index >= 15 is 0 Å². The summed E-state index contributed by atoms with van der Waals surface area (Å²) >= 11 is 0. The number of hydrogen-bond acceptors (Lipinski definition) is 4. The minimum absolute atomic E-state index is 0. The Labute approximate surface area is 125 Å². The average Bonchev–Trinajstić information content (AvgIpc) is 2.21. The summed E-state index contributed by atoms with van der Waals surface area (Å²) in [6.07, 6.45) is 2.19. The molecular formula is C6H11F3O9RuS. The molecule has 0 bridgehead atoms. The third-order valence-electron chi connectivity index (χ3n) is 0.428. The molecule has 0 saturated heterocycles. The van der Waals surface area contributed by atoms with Gasteiger partial charge in [-0.15, -0.1) is 0 Å². The van der Waals surface area contributed by atoms with Crippen LogP contribution >= 0.6 is 0 Å². The van der Waals surface area contributed by atoms with Gasteiger partial charge >= 0.3 is 47.6 Å². The van der Waals surface area contributed by atoms with Gasteiger partial charge in [-0.25, -0.2) is 8.42 Å². The van der Waals surface area contributed by atoms with Crippen molar-refractivity contribution in [1.82, 2.24) is 0 Å². The third kappa shape index (κ3) is 53.0. The first-order valence-electron chi connectivity index (χ1n) is 2.94. The van der Waals surface area contributed by atoms with Crippen molar-refractivity contribution in [1.29, 1.82) is 0 Å². The Morgan fingerprint density at radius 2 is 1.20 bits per heavy atom. The summed E-state index contributed by atoms with van der Waals surface area (Å²) in [6.45, 7) is 10.8. The Bertz CT molecular complexity index is 292. The Hall–Kier alpha value is -0.647. The van der Waals surface area contributed by atoms with Crippen LogP contribution in [-0.4, -0.2) is 41.2 Å². The van der Waals surface area contributed by atoms with E-state index in [1.807, 2.05) is 0 Å². The molecule has 0 aromatic rings. The zero-order chi connectivity index (χ0) is 14.4. The summed E-state index contributed by atoms with van der Waals surface area (Å²) in [5.74, 6) is 0. The zero-order valence-electron chi connectivity index (χ0n) is 9.55. The Balaban J connectivity index is -0.0000000176. The van der Waals surface area contributed by atoms with E-state index in [-0.39, 0.29) is 35.9 Å². The van der Waals surface area contributed by atoms with Gasteiger partial charge < -0.3 is 25.8 Å². The maximum absolute atomic E-state index is 10.7. The molecule has 0 unspecified atom stereocenters. The number of alkyl halides is 3.